The lowest BCUT2D eigenvalue weighted by atomic mass is 9.94. The lowest BCUT2D eigenvalue weighted by Crippen LogP contribution is -2.15. The lowest BCUT2D eigenvalue weighted by molar-refractivity contribution is 0.712. The van der Waals surface area contributed by atoms with Crippen molar-refractivity contribution in [3.63, 3.8) is 0 Å². The van der Waals surface area contributed by atoms with Crippen LogP contribution in [-0.4, -0.2) is 0 Å². The molecule has 2 rings (SSSR count). The van der Waals surface area contributed by atoms with Crippen LogP contribution in [0.3, 0.4) is 0 Å². The summed E-state index contributed by atoms with van der Waals surface area (Å²) in [5, 5.41) is 0.765. The Kier molecular flexibility index (Phi) is 4.40. The van der Waals surface area contributed by atoms with Crippen LogP contribution in [0.15, 0.2) is 48.5 Å². The summed E-state index contributed by atoms with van der Waals surface area (Å²) < 4.78 is 0. The van der Waals surface area contributed by atoms with Gasteiger partial charge in [-0.15, -0.1) is 0 Å². The maximum atomic E-state index is 6.31. The number of aryl methyl sites for hydroxylation is 1. The molecule has 0 amide bonds. The Morgan fingerprint density at radius 3 is 2.39 bits per heavy atom. The monoisotopic (exact) mass is 259 g/mol. The third kappa shape index (κ3) is 3.12. The number of rotatable bonds is 4. The largest absolute Gasteiger partial charge is 0.324 e. The van der Waals surface area contributed by atoms with E-state index in [0.717, 1.165) is 17.9 Å². The summed E-state index contributed by atoms with van der Waals surface area (Å²) in [4.78, 5) is 0. The molecule has 18 heavy (non-hydrogen) atoms. The van der Waals surface area contributed by atoms with Crippen molar-refractivity contribution in [2.45, 2.75) is 25.8 Å². The molecule has 94 valence electrons. The Balaban J connectivity index is 2.16. The van der Waals surface area contributed by atoms with Gasteiger partial charge < -0.3 is 5.73 Å². The maximum Gasteiger partial charge on any atom is 0.0406 e. The minimum atomic E-state index is 0.0438. The molecule has 0 spiro atoms. The fourth-order valence-corrected chi connectivity index (χ4v) is 2.33. The fourth-order valence-electron chi connectivity index (χ4n) is 2.20. The molecular weight excluding hydrogens is 242 g/mol. The average molecular weight is 260 g/mol. The highest BCUT2D eigenvalue weighted by molar-refractivity contribution is 6.30. The Labute approximate surface area is 114 Å². The van der Waals surface area contributed by atoms with E-state index in [-0.39, 0.29) is 6.04 Å². The lowest BCUT2D eigenvalue weighted by Gasteiger charge is -2.16. The smallest absolute Gasteiger partial charge is 0.0406 e. The van der Waals surface area contributed by atoms with E-state index in [0.29, 0.717) is 0 Å². The van der Waals surface area contributed by atoms with Crippen molar-refractivity contribution in [1.82, 2.24) is 0 Å². The van der Waals surface area contributed by atoms with Gasteiger partial charge in [0.25, 0.3) is 0 Å². The molecule has 2 aromatic rings. The second kappa shape index (κ2) is 6.03. The van der Waals surface area contributed by atoms with Gasteiger partial charge in [0.15, 0.2) is 0 Å². The first-order valence-electron chi connectivity index (χ1n) is 6.28. The molecule has 0 saturated carbocycles. The van der Waals surface area contributed by atoms with Gasteiger partial charge in [-0.05, 0) is 41.7 Å². The molecular formula is C16H18ClN. The molecule has 0 radical (unpaired) electrons. The number of hydrogen-bond donors (Lipinski definition) is 1. The molecule has 0 aliphatic carbocycles. The third-order valence-corrected chi connectivity index (χ3v) is 3.46. The van der Waals surface area contributed by atoms with E-state index in [1.165, 1.54) is 16.7 Å². The quantitative estimate of drug-likeness (QED) is 0.877. The number of hydrogen-bond acceptors (Lipinski definition) is 1. The van der Waals surface area contributed by atoms with Crippen molar-refractivity contribution in [3.05, 3.63) is 70.2 Å². The first kappa shape index (κ1) is 13.1. The number of halogens is 1. The van der Waals surface area contributed by atoms with Gasteiger partial charge in [-0.1, -0.05) is 54.9 Å². The van der Waals surface area contributed by atoms with Gasteiger partial charge in [0.1, 0.15) is 0 Å². The summed E-state index contributed by atoms with van der Waals surface area (Å²) in [7, 11) is 0. The summed E-state index contributed by atoms with van der Waals surface area (Å²) in [6.45, 7) is 2.16. The first-order valence-corrected chi connectivity index (χ1v) is 6.66. The Bertz CT molecular complexity index is 505. The van der Waals surface area contributed by atoms with Crippen LogP contribution in [0.25, 0.3) is 0 Å². The highest BCUT2D eigenvalue weighted by atomic mass is 35.5. The summed E-state index contributed by atoms with van der Waals surface area (Å²) in [5.41, 5.74) is 10.1. The number of nitrogens with two attached hydrogens (primary N) is 1. The Morgan fingerprint density at radius 1 is 1.06 bits per heavy atom. The van der Waals surface area contributed by atoms with Crippen LogP contribution in [0, 0.1) is 0 Å². The SMILES string of the molecule is CCc1ccccc1C(N)Cc1ccc(Cl)cc1. The molecule has 0 heterocycles. The zero-order valence-electron chi connectivity index (χ0n) is 10.6. The molecule has 0 aliphatic rings. The molecule has 0 aromatic heterocycles. The predicted octanol–water partition coefficient (Wildman–Crippen LogP) is 4.14. The van der Waals surface area contributed by atoms with E-state index < -0.39 is 0 Å². The van der Waals surface area contributed by atoms with Crippen LogP contribution in [0.2, 0.25) is 5.02 Å². The van der Waals surface area contributed by atoms with Gasteiger partial charge in [0, 0.05) is 11.1 Å². The molecule has 0 aliphatic heterocycles. The maximum absolute atomic E-state index is 6.31. The molecule has 1 atom stereocenters. The van der Waals surface area contributed by atoms with Gasteiger partial charge in [-0.2, -0.15) is 0 Å². The zero-order chi connectivity index (χ0) is 13.0. The molecule has 0 bridgehead atoms. The molecule has 2 N–H and O–H groups in total. The van der Waals surface area contributed by atoms with Gasteiger partial charge in [0.05, 0.1) is 0 Å². The van der Waals surface area contributed by atoms with Gasteiger partial charge in [-0.25, -0.2) is 0 Å². The highest BCUT2D eigenvalue weighted by Crippen LogP contribution is 2.21. The number of benzene rings is 2. The second-order valence-corrected chi connectivity index (χ2v) is 4.93. The third-order valence-electron chi connectivity index (χ3n) is 3.20. The molecule has 0 saturated heterocycles. The van der Waals surface area contributed by atoms with Gasteiger partial charge in [0.2, 0.25) is 0 Å². The van der Waals surface area contributed by atoms with Crippen molar-refractivity contribution in [2.24, 2.45) is 5.73 Å². The Morgan fingerprint density at radius 2 is 1.72 bits per heavy atom. The standard InChI is InChI=1S/C16H18ClN/c1-2-13-5-3-4-6-15(13)16(18)11-12-7-9-14(17)10-8-12/h3-10,16H,2,11,18H2,1H3. The van der Waals surface area contributed by atoms with E-state index in [1.807, 2.05) is 24.3 Å². The van der Waals surface area contributed by atoms with E-state index in [2.05, 4.69) is 31.2 Å². The molecule has 2 aromatic carbocycles. The highest BCUT2D eigenvalue weighted by Gasteiger charge is 2.10. The normalized spacial score (nSPS) is 12.4. The van der Waals surface area contributed by atoms with Crippen molar-refractivity contribution in [3.8, 4) is 0 Å². The van der Waals surface area contributed by atoms with Crippen LogP contribution in [-0.2, 0) is 12.8 Å². The topological polar surface area (TPSA) is 26.0 Å². The van der Waals surface area contributed by atoms with Crippen LogP contribution in [0.4, 0.5) is 0 Å². The van der Waals surface area contributed by atoms with Crippen molar-refractivity contribution < 1.29 is 0 Å². The van der Waals surface area contributed by atoms with Crippen LogP contribution in [0.5, 0.6) is 0 Å². The van der Waals surface area contributed by atoms with Crippen molar-refractivity contribution >= 4 is 11.6 Å². The Hall–Kier alpha value is -1.31. The zero-order valence-corrected chi connectivity index (χ0v) is 11.3. The molecule has 2 heteroatoms. The minimum absolute atomic E-state index is 0.0438. The van der Waals surface area contributed by atoms with Crippen LogP contribution >= 0.6 is 11.6 Å². The van der Waals surface area contributed by atoms with Crippen LogP contribution in [0.1, 0.15) is 29.7 Å². The minimum Gasteiger partial charge on any atom is -0.324 e. The summed E-state index contributed by atoms with van der Waals surface area (Å²) >= 11 is 5.88. The predicted molar refractivity (Wildman–Crippen MR) is 77.9 cm³/mol. The van der Waals surface area contributed by atoms with Gasteiger partial charge in [-0.3, -0.25) is 0 Å². The first-order chi connectivity index (χ1) is 8.70. The fraction of sp³-hybridized carbons (Fsp3) is 0.250. The molecule has 1 unspecified atom stereocenters. The second-order valence-electron chi connectivity index (χ2n) is 4.49. The van der Waals surface area contributed by atoms with Gasteiger partial charge >= 0.3 is 0 Å². The van der Waals surface area contributed by atoms with E-state index >= 15 is 0 Å². The van der Waals surface area contributed by atoms with Crippen molar-refractivity contribution in [2.75, 3.05) is 0 Å². The van der Waals surface area contributed by atoms with E-state index in [1.54, 1.807) is 0 Å². The van der Waals surface area contributed by atoms with Crippen molar-refractivity contribution in [1.29, 1.82) is 0 Å². The van der Waals surface area contributed by atoms with E-state index in [4.69, 9.17) is 17.3 Å². The molecule has 0 fully saturated rings. The summed E-state index contributed by atoms with van der Waals surface area (Å²) in [6, 6.07) is 16.3. The van der Waals surface area contributed by atoms with E-state index in [9.17, 15) is 0 Å². The van der Waals surface area contributed by atoms with Crippen LogP contribution < -0.4 is 5.73 Å². The summed E-state index contributed by atoms with van der Waals surface area (Å²) in [6.07, 6.45) is 1.86. The average Bonchev–Trinajstić information content (AvgIpc) is 2.41. The summed E-state index contributed by atoms with van der Waals surface area (Å²) in [5.74, 6) is 0. The molecule has 1 nitrogen and oxygen atoms in total.